The highest BCUT2D eigenvalue weighted by atomic mass is 16.3. The SMILES string of the molecule is O=C(c1cc2cc(-c3ccccc3)cc(-c3ccccc3)n2n1)N1CCC(O)CC1. The van der Waals surface area contributed by atoms with Gasteiger partial charge in [0.1, 0.15) is 0 Å². The second-order valence-electron chi connectivity index (χ2n) is 7.75. The van der Waals surface area contributed by atoms with Gasteiger partial charge in [-0.05, 0) is 42.2 Å². The van der Waals surface area contributed by atoms with Crippen LogP contribution in [-0.2, 0) is 0 Å². The van der Waals surface area contributed by atoms with Crippen molar-refractivity contribution < 1.29 is 9.90 Å². The fourth-order valence-electron chi connectivity index (χ4n) is 4.05. The summed E-state index contributed by atoms with van der Waals surface area (Å²) in [7, 11) is 0. The number of aliphatic hydroxyl groups is 1. The van der Waals surface area contributed by atoms with Crippen molar-refractivity contribution in [1.29, 1.82) is 0 Å². The van der Waals surface area contributed by atoms with E-state index in [0.717, 1.165) is 27.9 Å². The Kier molecular flexibility index (Phi) is 4.81. The van der Waals surface area contributed by atoms with Crippen LogP contribution < -0.4 is 0 Å². The van der Waals surface area contributed by atoms with Gasteiger partial charge >= 0.3 is 0 Å². The van der Waals surface area contributed by atoms with Crippen LogP contribution in [0.2, 0.25) is 0 Å². The molecule has 0 aliphatic carbocycles. The molecule has 5 nitrogen and oxygen atoms in total. The van der Waals surface area contributed by atoms with Crippen molar-refractivity contribution in [2.45, 2.75) is 18.9 Å². The van der Waals surface area contributed by atoms with Crippen molar-refractivity contribution >= 4 is 11.4 Å². The first kappa shape index (κ1) is 18.6. The number of benzene rings is 2. The maximum atomic E-state index is 13.0. The van der Waals surface area contributed by atoms with Gasteiger partial charge < -0.3 is 10.0 Å². The molecule has 1 amide bonds. The summed E-state index contributed by atoms with van der Waals surface area (Å²) in [5, 5.41) is 14.4. The van der Waals surface area contributed by atoms with Gasteiger partial charge in [-0.25, -0.2) is 4.52 Å². The van der Waals surface area contributed by atoms with Crippen molar-refractivity contribution in [3.63, 3.8) is 0 Å². The molecule has 1 aliphatic heterocycles. The molecule has 30 heavy (non-hydrogen) atoms. The highest BCUT2D eigenvalue weighted by Crippen LogP contribution is 2.29. The van der Waals surface area contributed by atoms with E-state index in [-0.39, 0.29) is 12.0 Å². The molecule has 0 radical (unpaired) electrons. The molecule has 0 unspecified atom stereocenters. The van der Waals surface area contributed by atoms with Crippen LogP contribution in [0.3, 0.4) is 0 Å². The molecule has 1 saturated heterocycles. The summed E-state index contributed by atoms with van der Waals surface area (Å²) in [6.07, 6.45) is 0.923. The normalized spacial score (nSPS) is 14.9. The lowest BCUT2D eigenvalue weighted by atomic mass is 10.0. The minimum atomic E-state index is -0.312. The number of carbonyl (C=O) groups is 1. The number of carbonyl (C=O) groups excluding carboxylic acids is 1. The maximum absolute atomic E-state index is 13.0. The van der Waals surface area contributed by atoms with Gasteiger partial charge in [0.15, 0.2) is 5.69 Å². The predicted octanol–water partition coefficient (Wildman–Crippen LogP) is 4.27. The average Bonchev–Trinajstić information content (AvgIpc) is 3.24. The minimum Gasteiger partial charge on any atom is -0.393 e. The van der Waals surface area contributed by atoms with E-state index in [1.165, 1.54) is 0 Å². The molecule has 3 heterocycles. The summed E-state index contributed by atoms with van der Waals surface area (Å²) in [6.45, 7) is 1.13. The van der Waals surface area contributed by atoms with Gasteiger partial charge in [-0.3, -0.25) is 4.79 Å². The molecule has 150 valence electrons. The molecule has 0 atom stereocenters. The Morgan fingerprint density at radius 3 is 2.13 bits per heavy atom. The first-order valence-corrected chi connectivity index (χ1v) is 10.3. The second-order valence-corrected chi connectivity index (χ2v) is 7.75. The zero-order valence-corrected chi connectivity index (χ0v) is 16.6. The summed E-state index contributed by atoms with van der Waals surface area (Å²) in [5.74, 6) is -0.0779. The number of likely N-dealkylation sites (tertiary alicyclic amines) is 1. The van der Waals surface area contributed by atoms with Crippen molar-refractivity contribution in [2.75, 3.05) is 13.1 Å². The third kappa shape index (κ3) is 3.48. The Bertz CT molecular complexity index is 1180. The van der Waals surface area contributed by atoms with E-state index in [0.29, 0.717) is 31.6 Å². The largest absolute Gasteiger partial charge is 0.393 e. The molecule has 1 aliphatic rings. The molecule has 2 aromatic carbocycles. The summed E-state index contributed by atoms with van der Waals surface area (Å²) in [6, 6.07) is 26.4. The number of aromatic nitrogens is 2. The van der Waals surface area contributed by atoms with Crippen LogP contribution in [0.5, 0.6) is 0 Å². The Morgan fingerprint density at radius 1 is 0.833 bits per heavy atom. The van der Waals surface area contributed by atoms with Crippen molar-refractivity contribution in [1.82, 2.24) is 14.5 Å². The standard InChI is InChI=1S/C25H23N3O2/c29-22-11-13-27(14-12-22)25(30)23-17-21-15-20(18-7-3-1-4-8-18)16-24(28(21)26-23)19-9-5-2-6-10-19/h1-10,15-17,22,29H,11-14H2. The van der Waals surface area contributed by atoms with Gasteiger partial charge in [-0.1, -0.05) is 60.7 Å². The van der Waals surface area contributed by atoms with Crippen LogP contribution in [-0.4, -0.2) is 44.7 Å². The number of aliphatic hydroxyl groups excluding tert-OH is 1. The van der Waals surface area contributed by atoms with Crippen LogP contribution in [0.4, 0.5) is 0 Å². The van der Waals surface area contributed by atoms with Crippen molar-refractivity contribution in [3.05, 3.63) is 84.6 Å². The molecule has 5 rings (SSSR count). The number of amides is 1. The fourth-order valence-corrected chi connectivity index (χ4v) is 4.05. The van der Waals surface area contributed by atoms with E-state index in [1.54, 1.807) is 4.90 Å². The van der Waals surface area contributed by atoms with Crippen LogP contribution in [0.15, 0.2) is 78.9 Å². The zero-order valence-electron chi connectivity index (χ0n) is 16.6. The Balaban J connectivity index is 1.62. The zero-order chi connectivity index (χ0) is 20.5. The smallest absolute Gasteiger partial charge is 0.274 e. The maximum Gasteiger partial charge on any atom is 0.274 e. The van der Waals surface area contributed by atoms with E-state index in [9.17, 15) is 9.90 Å². The third-order valence-electron chi connectivity index (χ3n) is 5.71. The summed E-state index contributed by atoms with van der Waals surface area (Å²) in [4.78, 5) is 14.8. The molecule has 1 fully saturated rings. The molecule has 0 spiro atoms. The molecular formula is C25H23N3O2. The number of hydrogen-bond acceptors (Lipinski definition) is 3. The first-order chi connectivity index (χ1) is 14.7. The number of piperidine rings is 1. The van der Waals surface area contributed by atoms with Crippen LogP contribution in [0.1, 0.15) is 23.3 Å². The van der Waals surface area contributed by atoms with Crippen molar-refractivity contribution in [3.8, 4) is 22.4 Å². The topological polar surface area (TPSA) is 57.8 Å². The van der Waals surface area contributed by atoms with Gasteiger partial charge in [-0.2, -0.15) is 5.10 Å². The van der Waals surface area contributed by atoms with Crippen LogP contribution in [0, 0.1) is 0 Å². The fraction of sp³-hybridized carbons (Fsp3) is 0.200. The minimum absolute atomic E-state index is 0.0779. The van der Waals surface area contributed by atoms with Gasteiger partial charge in [0.25, 0.3) is 5.91 Å². The lowest BCUT2D eigenvalue weighted by Gasteiger charge is -2.28. The third-order valence-corrected chi connectivity index (χ3v) is 5.71. The van der Waals surface area contributed by atoms with Gasteiger partial charge in [-0.15, -0.1) is 0 Å². The number of pyridine rings is 1. The van der Waals surface area contributed by atoms with Gasteiger partial charge in [0.05, 0.1) is 17.3 Å². The Labute approximate surface area is 175 Å². The number of nitrogens with zero attached hydrogens (tertiary/aromatic N) is 3. The van der Waals surface area contributed by atoms with Gasteiger partial charge in [0, 0.05) is 18.7 Å². The highest BCUT2D eigenvalue weighted by molar-refractivity contribution is 5.94. The Hall–Kier alpha value is -3.44. The predicted molar refractivity (Wildman–Crippen MR) is 117 cm³/mol. The van der Waals surface area contributed by atoms with Crippen LogP contribution in [0.25, 0.3) is 27.9 Å². The van der Waals surface area contributed by atoms with E-state index < -0.39 is 0 Å². The molecule has 2 aromatic heterocycles. The van der Waals surface area contributed by atoms with E-state index >= 15 is 0 Å². The monoisotopic (exact) mass is 397 g/mol. The number of fused-ring (bicyclic) bond motifs is 1. The Morgan fingerprint density at radius 2 is 1.47 bits per heavy atom. The lowest BCUT2D eigenvalue weighted by Crippen LogP contribution is -2.40. The molecule has 4 aromatic rings. The molecule has 0 saturated carbocycles. The van der Waals surface area contributed by atoms with E-state index in [1.807, 2.05) is 47.0 Å². The van der Waals surface area contributed by atoms with Crippen LogP contribution >= 0.6 is 0 Å². The lowest BCUT2D eigenvalue weighted by molar-refractivity contribution is 0.0541. The van der Waals surface area contributed by atoms with Crippen molar-refractivity contribution in [2.24, 2.45) is 0 Å². The molecule has 5 heteroatoms. The highest BCUT2D eigenvalue weighted by Gasteiger charge is 2.24. The van der Waals surface area contributed by atoms with E-state index in [2.05, 4.69) is 41.5 Å². The summed E-state index contributed by atoms with van der Waals surface area (Å²) < 4.78 is 1.85. The van der Waals surface area contributed by atoms with E-state index in [4.69, 9.17) is 0 Å². The van der Waals surface area contributed by atoms with Gasteiger partial charge in [0.2, 0.25) is 0 Å². The average molecular weight is 397 g/mol. The quantitative estimate of drug-likeness (QED) is 0.562. The number of rotatable bonds is 3. The molecule has 1 N–H and O–H groups in total. The molecule has 0 bridgehead atoms. The summed E-state index contributed by atoms with van der Waals surface area (Å²) >= 11 is 0. The first-order valence-electron chi connectivity index (χ1n) is 10.3. The number of hydrogen-bond donors (Lipinski definition) is 1. The molecular weight excluding hydrogens is 374 g/mol. The summed E-state index contributed by atoms with van der Waals surface area (Å²) in [5.41, 5.74) is 5.52. The second kappa shape index (κ2) is 7.76.